The predicted molar refractivity (Wildman–Crippen MR) is 65.2 cm³/mol. The van der Waals surface area contributed by atoms with Gasteiger partial charge in [-0.1, -0.05) is 20.8 Å². The highest BCUT2D eigenvalue weighted by atomic mass is 16.3. The molecule has 1 saturated heterocycles. The van der Waals surface area contributed by atoms with Gasteiger partial charge in [-0.25, -0.2) is 0 Å². The normalized spacial score (nSPS) is 27.3. The minimum absolute atomic E-state index is 0.0383. The van der Waals surface area contributed by atoms with E-state index in [0.717, 1.165) is 0 Å². The summed E-state index contributed by atoms with van der Waals surface area (Å²) in [5, 5.41) is 18.9. The summed E-state index contributed by atoms with van der Waals surface area (Å²) in [7, 11) is 0. The maximum atomic E-state index is 12.2. The van der Waals surface area contributed by atoms with Gasteiger partial charge >= 0.3 is 0 Å². The van der Waals surface area contributed by atoms with E-state index in [0.29, 0.717) is 13.0 Å². The molecule has 5 nitrogen and oxygen atoms in total. The van der Waals surface area contributed by atoms with E-state index in [4.69, 9.17) is 5.73 Å². The van der Waals surface area contributed by atoms with Crippen molar-refractivity contribution in [2.45, 2.75) is 39.4 Å². The summed E-state index contributed by atoms with van der Waals surface area (Å²) in [6.07, 6.45) is -0.940. The van der Waals surface area contributed by atoms with E-state index in [-0.39, 0.29) is 30.3 Å². The average molecular weight is 244 g/mol. The molecule has 1 amide bonds. The first-order valence-corrected chi connectivity index (χ1v) is 6.09. The molecule has 3 unspecified atom stereocenters. The SMILES string of the molecule is CC(C)(C)CC(CN)C(=O)N1CC(O)C(O)C1. The maximum absolute atomic E-state index is 12.2. The molecular weight excluding hydrogens is 220 g/mol. The van der Waals surface area contributed by atoms with Gasteiger partial charge in [0.1, 0.15) is 0 Å². The maximum Gasteiger partial charge on any atom is 0.227 e. The molecule has 100 valence electrons. The average Bonchev–Trinajstić information content (AvgIpc) is 2.53. The largest absolute Gasteiger partial charge is 0.388 e. The first-order valence-electron chi connectivity index (χ1n) is 6.09. The summed E-state index contributed by atoms with van der Waals surface area (Å²) in [6, 6.07) is 0. The monoisotopic (exact) mass is 244 g/mol. The van der Waals surface area contributed by atoms with Crippen molar-refractivity contribution in [1.82, 2.24) is 4.90 Å². The minimum atomic E-state index is -0.827. The van der Waals surface area contributed by atoms with Crippen LogP contribution in [0.2, 0.25) is 0 Å². The van der Waals surface area contributed by atoms with Crippen LogP contribution in [0.4, 0.5) is 0 Å². The second-order valence-electron chi connectivity index (χ2n) is 6.08. The molecule has 0 aromatic heterocycles. The van der Waals surface area contributed by atoms with Crippen molar-refractivity contribution < 1.29 is 15.0 Å². The van der Waals surface area contributed by atoms with Crippen molar-refractivity contribution in [2.75, 3.05) is 19.6 Å². The van der Waals surface area contributed by atoms with Crippen LogP contribution in [-0.4, -0.2) is 52.9 Å². The quantitative estimate of drug-likeness (QED) is 0.628. The molecule has 1 aliphatic heterocycles. The molecule has 1 heterocycles. The van der Waals surface area contributed by atoms with Crippen LogP contribution in [-0.2, 0) is 4.79 Å². The summed E-state index contributed by atoms with van der Waals surface area (Å²) in [5.74, 6) is -0.287. The Hall–Kier alpha value is -0.650. The molecule has 0 aromatic rings. The van der Waals surface area contributed by atoms with Gasteiger partial charge < -0.3 is 20.8 Å². The third-order valence-corrected chi connectivity index (χ3v) is 3.06. The van der Waals surface area contributed by atoms with E-state index in [1.54, 1.807) is 0 Å². The van der Waals surface area contributed by atoms with Crippen LogP contribution in [0.1, 0.15) is 27.2 Å². The van der Waals surface area contributed by atoms with E-state index >= 15 is 0 Å². The number of aliphatic hydroxyl groups excluding tert-OH is 2. The number of carbonyl (C=O) groups is 1. The summed E-state index contributed by atoms with van der Waals surface area (Å²) in [4.78, 5) is 13.7. The van der Waals surface area contributed by atoms with Gasteiger partial charge in [0, 0.05) is 19.6 Å². The number of aliphatic hydroxyl groups is 2. The lowest BCUT2D eigenvalue weighted by Gasteiger charge is -2.27. The van der Waals surface area contributed by atoms with Gasteiger partial charge in [-0.3, -0.25) is 4.79 Å². The zero-order chi connectivity index (χ0) is 13.2. The number of hydrogen-bond acceptors (Lipinski definition) is 4. The Morgan fingerprint density at radius 1 is 1.35 bits per heavy atom. The molecule has 1 rings (SSSR count). The molecule has 17 heavy (non-hydrogen) atoms. The fraction of sp³-hybridized carbons (Fsp3) is 0.917. The van der Waals surface area contributed by atoms with Crippen LogP contribution >= 0.6 is 0 Å². The molecule has 4 N–H and O–H groups in total. The Balaban J connectivity index is 2.61. The molecular formula is C12H24N2O3. The van der Waals surface area contributed by atoms with Crippen molar-refractivity contribution in [1.29, 1.82) is 0 Å². The highest BCUT2D eigenvalue weighted by Crippen LogP contribution is 2.26. The minimum Gasteiger partial charge on any atom is -0.388 e. The van der Waals surface area contributed by atoms with Crippen molar-refractivity contribution in [3.8, 4) is 0 Å². The van der Waals surface area contributed by atoms with E-state index in [9.17, 15) is 15.0 Å². The lowest BCUT2D eigenvalue weighted by molar-refractivity contribution is -0.135. The zero-order valence-electron chi connectivity index (χ0n) is 10.9. The number of nitrogens with two attached hydrogens (primary N) is 1. The highest BCUT2D eigenvalue weighted by Gasteiger charge is 2.36. The number of nitrogens with zero attached hydrogens (tertiary/aromatic N) is 1. The zero-order valence-corrected chi connectivity index (χ0v) is 10.9. The van der Waals surface area contributed by atoms with Crippen LogP contribution in [0, 0.1) is 11.3 Å². The van der Waals surface area contributed by atoms with Gasteiger partial charge in [-0.15, -0.1) is 0 Å². The van der Waals surface area contributed by atoms with Crippen molar-refractivity contribution in [3.63, 3.8) is 0 Å². The smallest absolute Gasteiger partial charge is 0.227 e. The summed E-state index contributed by atoms with van der Waals surface area (Å²) in [6.45, 7) is 6.92. The molecule has 0 bridgehead atoms. The summed E-state index contributed by atoms with van der Waals surface area (Å²) >= 11 is 0. The van der Waals surface area contributed by atoms with E-state index < -0.39 is 12.2 Å². The molecule has 0 aliphatic carbocycles. The van der Waals surface area contributed by atoms with Gasteiger partial charge in [0.25, 0.3) is 0 Å². The number of amides is 1. The molecule has 3 atom stereocenters. The van der Waals surface area contributed by atoms with Crippen LogP contribution in [0.3, 0.4) is 0 Å². The second-order valence-corrected chi connectivity index (χ2v) is 6.08. The predicted octanol–water partition coefficient (Wildman–Crippen LogP) is -0.438. The summed E-state index contributed by atoms with van der Waals surface area (Å²) < 4.78 is 0. The fourth-order valence-corrected chi connectivity index (χ4v) is 2.22. The van der Waals surface area contributed by atoms with E-state index in [2.05, 4.69) is 20.8 Å². The van der Waals surface area contributed by atoms with Crippen LogP contribution < -0.4 is 5.73 Å². The molecule has 0 spiro atoms. The van der Waals surface area contributed by atoms with Gasteiger partial charge in [0.2, 0.25) is 5.91 Å². The van der Waals surface area contributed by atoms with Crippen LogP contribution in [0.5, 0.6) is 0 Å². The second kappa shape index (κ2) is 5.33. The Labute approximate surface area is 103 Å². The summed E-state index contributed by atoms with van der Waals surface area (Å²) in [5.41, 5.74) is 5.68. The van der Waals surface area contributed by atoms with E-state index in [1.165, 1.54) is 4.90 Å². The van der Waals surface area contributed by atoms with E-state index in [1.807, 2.05) is 0 Å². The van der Waals surface area contributed by atoms with Crippen molar-refractivity contribution >= 4 is 5.91 Å². The van der Waals surface area contributed by atoms with Crippen LogP contribution in [0.15, 0.2) is 0 Å². The third kappa shape index (κ3) is 3.94. The Bertz CT molecular complexity index is 265. The number of hydrogen-bond donors (Lipinski definition) is 3. The molecule has 0 radical (unpaired) electrons. The Morgan fingerprint density at radius 3 is 2.18 bits per heavy atom. The number of likely N-dealkylation sites (tertiary alicyclic amines) is 1. The molecule has 5 heteroatoms. The van der Waals surface area contributed by atoms with Crippen molar-refractivity contribution in [3.05, 3.63) is 0 Å². The standard InChI is InChI=1S/C12H24N2O3/c1-12(2,3)4-8(5-13)11(17)14-6-9(15)10(16)7-14/h8-10,15-16H,4-7,13H2,1-3H3. The van der Waals surface area contributed by atoms with Crippen molar-refractivity contribution in [2.24, 2.45) is 17.1 Å². The molecule has 1 aliphatic rings. The van der Waals surface area contributed by atoms with Gasteiger partial charge in [-0.05, 0) is 11.8 Å². The number of carbonyl (C=O) groups excluding carboxylic acids is 1. The Morgan fingerprint density at radius 2 is 1.82 bits per heavy atom. The fourth-order valence-electron chi connectivity index (χ4n) is 2.22. The number of rotatable bonds is 3. The molecule has 0 saturated carbocycles. The van der Waals surface area contributed by atoms with Gasteiger partial charge in [0.05, 0.1) is 18.1 Å². The van der Waals surface area contributed by atoms with Gasteiger partial charge in [0.15, 0.2) is 0 Å². The molecule has 0 aromatic carbocycles. The Kier molecular flexibility index (Phi) is 4.52. The van der Waals surface area contributed by atoms with Crippen LogP contribution in [0.25, 0.3) is 0 Å². The lowest BCUT2D eigenvalue weighted by atomic mass is 9.84. The topological polar surface area (TPSA) is 86.8 Å². The first kappa shape index (κ1) is 14.4. The first-order chi connectivity index (χ1) is 7.74. The molecule has 1 fully saturated rings. The highest BCUT2D eigenvalue weighted by molar-refractivity contribution is 5.79. The lowest BCUT2D eigenvalue weighted by Crippen LogP contribution is -2.40. The third-order valence-electron chi connectivity index (χ3n) is 3.06. The number of β-amino-alcohol motifs (C(OH)–C–C–N with tert-alkyl or cyclic N) is 2. The van der Waals surface area contributed by atoms with Gasteiger partial charge in [-0.2, -0.15) is 0 Å².